The molecule has 0 aliphatic heterocycles. The fourth-order valence-corrected chi connectivity index (χ4v) is 2.80. The predicted molar refractivity (Wildman–Crippen MR) is 104 cm³/mol. The first-order chi connectivity index (χ1) is 12.6. The maximum atomic E-state index is 6.03. The SMILES string of the molecule is COc1cccc(-c2cc(OCc3c(C)cccc3N(C)N)ccn2)c1. The first-order valence-corrected chi connectivity index (χ1v) is 8.38. The minimum atomic E-state index is 0.436. The average molecular weight is 349 g/mol. The van der Waals surface area contributed by atoms with Crippen molar-refractivity contribution in [1.82, 2.24) is 4.98 Å². The highest BCUT2D eigenvalue weighted by molar-refractivity contribution is 5.62. The molecule has 0 spiro atoms. The molecule has 0 fully saturated rings. The Morgan fingerprint density at radius 2 is 1.85 bits per heavy atom. The van der Waals surface area contributed by atoms with Crippen molar-refractivity contribution in [1.29, 1.82) is 0 Å². The van der Waals surface area contributed by atoms with Gasteiger partial charge in [0.25, 0.3) is 0 Å². The Morgan fingerprint density at radius 3 is 2.62 bits per heavy atom. The third kappa shape index (κ3) is 3.95. The lowest BCUT2D eigenvalue weighted by atomic mass is 10.1. The van der Waals surface area contributed by atoms with Crippen LogP contribution in [-0.4, -0.2) is 19.1 Å². The van der Waals surface area contributed by atoms with Gasteiger partial charge in [0.15, 0.2) is 0 Å². The van der Waals surface area contributed by atoms with Crippen molar-refractivity contribution in [2.75, 3.05) is 19.2 Å². The van der Waals surface area contributed by atoms with Crippen molar-refractivity contribution in [3.8, 4) is 22.8 Å². The first kappa shape index (κ1) is 17.8. The second-order valence-corrected chi connectivity index (χ2v) is 6.08. The maximum Gasteiger partial charge on any atom is 0.123 e. The molecule has 3 aromatic rings. The number of nitrogens with two attached hydrogens (primary N) is 1. The fourth-order valence-electron chi connectivity index (χ4n) is 2.80. The number of nitrogens with zero attached hydrogens (tertiary/aromatic N) is 2. The number of aryl methyl sites for hydroxylation is 1. The number of benzene rings is 2. The standard InChI is InChI=1S/C21H23N3O2/c1-15-6-4-9-21(24(2)22)19(15)14-26-18-10-11-23-20(13-18)16-7-5-8-17(12-16)25-3/h4-13H,14,22H2,1-3H3. The molecule has 3 rings (SSSR count). The van der Waals surface area contributed by atoms with E-state index in [1.807, 2.05) is 55.6 Å². The van der Waals surface area contributed by atoms with E-state index in [-0.39, 0.29) is 0 Å². The molecule has 0 atom stereocenters. The summed E-state index contributed by atoms with van der Waals surface area (Å²) in [5, 5.41) is 1.61. The maximum absolute atomic E-state index is 6.03. The van der Waals surface area contributed by atoms with Crippen LogP contribution >= 0.6 is 0 Å². The van der Waals surface area contributed by atoms with E-state index in [2.05, 4.69) is 18.0 Å². The van der Waals surface area contributed by atoms with Crippen molar-refractivity contribution < 1.29 is 9.47 Å². The van der Waals surface area contributed by atoms with E-state index in [9.17, 15) is 0 Å². The van der Waals surface area contributed by atoms with Crippen LogP contribution in [0.25, 0.3) is 11.3 Å². The van der Waals surface area contributed by atoms with Crippen LogP contribution in [0.15, 0.2) is 60.8 Å². The second kappa shape index (κ2) is 7.89. The Morgan fingerprint density at radius 1 is 1.04 bits per heavy atom. The number of methoxy groups -OCH3 is 1. The molecule has 0 saturated carbocycles. The summed E-state index contributed by atoms with van der Waals surface area (Å²) in [6, 6.07) is 17.6. The number of pyridine rings is 1. The third-order valence-electron chi connectivity index (χ3n) is 4.25. The van der Waals surface area contributed by atoms with Gasteiger partial charge in [0, 0.05) is 30.4 Å². The Labute approximate surface area is 154 Å². The van der Waals surface area contributed by atoms with Crippen LogP contribution < -0.4 is 20.3 Å². The number of aromatic nitrogens is 1. The number of hydrogen-bond acceptors (Lipinski definition) is 5. The average Bonchev–Trinajstić information content (AvgIpc) is 2.67. The molecule has 5 nitrogen and oxygen atoms in total. The van der Waals surface area contributed by atoms with Gasteiger partial charge in [-0.05, 0) is 36.8 Å². The van der Waals surface area contributed by atoms with Gasteiger partial charge in [0.05, 0.1) is 18.5 Å². The van der Waals surface area contributed by atoms with Crippen LogP contribution in [0.5, 0.6) is 11.5 Å². The Bertz CT molecular complexity index is 894. The second-order valence-electron chi connectivity index (χ2n) is 6.08. The van der Waals surface area contributed by atoms with E-state index >= 15 is 0 Å². The minimum absolute atomic E-state index is 0.436. The highest BCUT2D eigenvalue weighted by atomic mass is 16.5. The van der Waals surface area contributed by atoms with Crippen molar-refractivity contribution in [2.24, 2.45) is 5.84 Å². The number of ether oxygens (including phenoxy) is 2. The lowest BCUT2D eigenvalue weighted by Gasteiger charge is -2.19. The monoisotopic (exact) mass is 349 g/mol. The van der Waals surface area contributed by atoms with Gasteiger partial charge in [-0.15, -0.1) is 0 Å². The highest BCUT2D eigenvalue weighted by Gasteiger charge is 2.09. The summed E-state index contributed by atoms with van der Waals surface area (Å²) in [5.41, 5.74) is 4.97. The lowest BCUT2D eigenvalue weighted by molar-refractivity contribution is 0.305. The van der Waals surface area contributed by atoms with Gasteiger partial charge in [-0.1, -0.05) is 24.3 Å². The molecule has 1 aromatic heterocycles. The van der Waals surface area contributed by atoms with Crippen LogP contribution in [-0.2, 0) is 6.61 Å². The van der Waals surface area contributed by atoms with Gasteiger partial charge in [-0.3, -0.25) is 4.98 Å². The molecule has 0 aliphatic carbocycles. The Hall–Kier alpha value is -3.05. The zero-order valence-electron chi connectivity index (χ0n) is 15.3. The smallest absolute Gasteiger partial charge is 0.123 e. The molecule has 0 unspecified atom stereocenters. The van der Waals surface area contributed by atoms with E-state index < -0.39 is 0 Å². The largest absolute Gasteiger partial charge is 0.497 e. The summed E-state index contributed by atoms with van der Waals surface area (Å²) in [7, 11) is 3.48. The van der Waals surface area contributed by atoms with Crippen molar-refractivity contribution in [3.63, 3.8) is 0 Å². The first-order valence-electron chi connectivity index (χ1n) is 8.38. The van der Waals surface area contributed by atoms with Crippen LogP contribution in [0, 0.1) is 6.92 Å². The van der Waals surface area contributed by atoms with E-state index in [0.29, 0.717) is 6.61 Å². The molecular weight excluding hydrogens is 326 g/mol. The molecule has 5 heteroatoms. The molecule has 2 N–H and O–H groups in total. The molecule has 134 valence electrons. The molecular formula is C21H23N3O2. The number of hydrogen-bond donors (Lipinski definition) is 1. The van der Waals surface area contributed by atoms with E-state index in [0.717, 1.165) is 39.6 Å². The topological polar surface area (TPSA) is 60.6 Å². The molecule has 0 bridgehead atoms. The molecule has 26 heavy (non-hydrogen) atoms. The van der Waals surface area contributed by atoms with Crippen molar-refractivity contribution in [3.05, 3.63) is 71.9 Å². The fraction of sp³-hybridized carbons (Fsp3) is 0.190. The van der Waals surface area contributed by atoms with Gasteiger partial charge in [0.2, 0.25) is 0 Å². The van der Waals surface area contributed by atoms with Gasteiger partial charge < -0.3 is 14.5 Å². The zero-order chi connectivity index (χ0) is 18.5. The van der Waals surface area contributed by atoms with Crippen LogP contribution in [0.3, 0.4) is 0 Å². The van der Waals surface area contributed by atoms with Gasteiger partial charge >= 0.3 is 0 Å². The Balaban J connectivity index is 1.82. The summed E-state index contributed by atoms with van der Waals surface area (Å²) >= 11 is 0. The van der Waals surface area contributed by atoms with Crippen LogP contribution in [0.4, 0.5) is 5.69 Å². The van der Waals surface area contributed by atoms with Gasteiger partial charge in [-0.25, -0.2) is 5.84 Å². The molecule has 0 radical (unpaired) electrons. The molecule has 2 aromatic carbocycles. The quantitative estimate of drug-likeness (QED) is 0.539. The van der Waals surface area contributed by atoms with Gasteiger partial charge in [-0.2, -0.15) is 0 Å². The van der Waals surface area contributed by atoms with E-state index in [1.165, 1.54) is 0 Å². The summed E-state index contributed by atoms with van der Waals surface area (Å²) in [6.07, 6.45) is 1.75. The lowest BCUT2D eigenvalue weighted by Crippen LogP contribution is -2.26. The van der Waals surface area contributed by atoms with Crippen molar-refractivity contribution >= 4 is 5.69 Å². The molecule has 1 heterocycles. The summed E-state index contributed by atoms with van der Waals surface area (Å²) in [4.78, 5) is 4.44. The molecule has 0 amide bonds. The van der Waals surface area contributed by atoms with Crippen LogP contribution in [0.2, 0.25) is 0 Å². The Kier molecular flexibility index (Phi) is 5.39. The molecule has 0 aliphatic rings. The van der Waals surface area contributed by atoms with E-state index in [4.69, 9.17) is 15.3 Å². The number of hydrazine groups is 1. The normalized spacial score (nSPS) is 10.5. The summed E-state index contributed by atoms with van der Waals surface area (Å²) in [5.74, 6) is 7.49. The third-order valence-corrected chi connectivity index (χ3v) is 4.25. The van der Waals surface area contributed by atoms with Gasteiger partial charge in [0.1, 0.15) is 18.1 Å². The predicted octanol–water partition coefficient (Wildman–Crippen LogP) is 3.95. The summed E-state index contributed by atoms with van der Waals surface area (Å²) < 4.78 is 11.3. The van der Waals surface area contributed by atoms with Crippen LogP contribution in [0.1, 0.15) is 11.1 Å². The number of anilines is 1. The number of rotatable bonds is 6. The minimum Gasteiger partial charge on any atom is -0.497 e. The molecule has 0 saturated heterocycles. The highest BCUT2D eigenvalue weighted by Crippen LogP contribution is 2.27. The zero-order valence-corrected chi connectivity index (χ0v) is 15.3. The van der Waals surface area contributed by atoms with Crippen molar-refractivity contribution in [2.45, 2.75) is 13.5 Å². The summed E-state index contributed by atoms with van der Waals surface area (Å²) in [6.45, 7) is 2.49. The van der Waals surface area contributed by atoms with E-state index in [1.54, 1.807) is 18.3 Å².